The molecule has 5 nitrogen and oxygen atoms in total. The van der Waals surface area contributed by atoms with Crippen molar-refractivity contribution < 1.29 is 24.2 Å². The quantitative estimate of drug-likeness (QED) is 0.281. The van der Waals surface area contributed by atoms with Crippen LogP contribution in [0, 0.1) is 22.7 Å². The molecule has 0 bridgehead atoms. The van der Waals surface area contributed by atoms with Crippen LogP contribution < -0.4 is 0 Å². The van der Waals surface area contributed by atoms with Crippen LogP contribution in [0.4, 0.5) is 0 Å². The lowest BCUT2D eigenvalue weighted by Gasteiger charge is -2.59. The highest BCUT2D eigenvalue weighted by Crippen LogP contribution is 2.62. The zero-order valence-corrected chi connectivity index (χ0v) is 18.4. The predicted octanol–water partition coefficient (Wildman–Crippen LogP) is 5.22. The van der Waals surface area contributed by atoms with Crippen LogP contribution in [0.2, 0.25) is 0 Å². The van der Waals surface area contributed by atoms with Crippen LogP contribution in [0.5, 0.6) is 0 Å². The summed E-state index contributed by atoms with van der Waals surface area (Å²) in [6.07, 6.45) is 4.05. The van der Waals surface area contributed by atoms with Gasteiger partial charge in [0.25, 0.3) is 0 Å². The predicted molar refractivity (Wildman–Crippen MR) is 119 cm³/mol. The molecule has 2 saturated carbocycles. The lowest BCUT2D eigenvalue weighted by molar-refractivity contribution is -0.177. The summed E-state index contributed by atoms with van der Waals surface area (Å²) in [4.78, 5) is 36.4. The van der Waals surface area contributed by atoms with E-state index in [9.17, 15) is 19.5 Å². The Bertz CT molecular complexity index is 888. The number of allylic oxidation sites excluding steroid dienone is 1. The van der Waals surface area contributed by atoms with E-state index in [1.165, 1.54) is 0 Å². The van der Waals surface area contributed by atoms with Gasteiger partial charge in [0.2, 0.25) is 0 Å². The van der Waals surface area contributed by atoms with Gasteiger partial charge in [-0.25, -0.2) is 4.79 Å². The minimum atomic E-state index is -1.00. The molecule has 1 aromatic rings. The number of hydrogen-bond donors (Lipinski definition) is 1. The third-order valence-electron chi connectivity index (χ3n) is 7.61. The summed E-state index contributed by atoms with van der Waals surface area (Å²) < 4.78 is 5.99. The van der Waals surface area contributed by atoms with E-state index < -0.39 is 28.9 Å². The van der Waals surface area contributed by atoms with Gasteiger partial charge in [-0.1, -0.05) is 50.3 Å². The highest BCUT2D eigenvalue weighted by atomic mass is 16.5. The van der Waals surface area contributed by atoms with E-state index in [0.717, 1.165) is 24.7 Å². The number of benzene rings is 1. The van der Waals surface area contributed by atoms with Crippen LogP contribution >= 0.6 is 0 Å². The summed E-state index contributed by atoms with van der Waals surface area (Å²) in [6, 6.07) is 8.78. The zero-order chi connectivity index (χ0) is 22.8. The maximum absolute atomic E-state index is 12.9. The Labute approximate surface area is 184 Å². The third-order valence-corrected chi connectivity index (χ3v) is 7.61. The van der Waals surface area contributed by atoms with E-state index >= 15 is 0 Å². The minimum absolute atomic E-state index is 0.0415. The number of esters is 1. The molecule has 1 unspecified atom stereocenters. The molecule has 31 heavy (non-hydrogen) atoms. The second-order valence-electron chi connectivity index (χ2n) is 9.60. The molecule has 2 aliphatic rings. The van der Waals surface area contributed by atoms with Gasteiger partial charge in [-0.05, 0) is 61.6 Å². The lowest BCUT2D eigenvalue weighted by Crippen LogP contribution is -2.59. The molecule has 0 aromatic heterocycles. The van der Waals surface area contributed by atoms with Crippen molar-refractivity contribution in [2.24, 2.45) is 22.7 Å². The van der Waals surface area contributed by atoms with Crippen LogP contribution in [0.3, 0.4) is 0 Å². The Morgan fingerprint density at radius 1 is 1.23 bits per heavy atom. The molecule has 166 valence electrons. The molecule has 1 aromatic carbocycles. The van der Waals surface area contributed by atoms with Crippen molar-refractivity contribution in [3.8, 4) is 0 Å². The number of fused-ring (bicyclic) bond motifs is 1. The molecule has 1 N–H and O–H groups in total. The van der Waals surface area contributed by atoms with Crippen LogP contribution in [0.25, 0.3) is 0 Å². The topological polar surface area (TPSA) is 80.7 Å². The normalized spacial score (nSPS) is 32.6. The van der Waals surface area contributed by atoms with Crippen molar-refractivity contribution >= 4 is 18.2 Å². The van der Waals surface area contributed by atoms with Crippen molar-refractivity contribution in [2.75, 3.05) is 0 Å². The van der Waals surface area contributed by atoms with E-state index in [4.69, 9.17) is 4.74 Å². The Morgan fingerprint density at radius 2 is 1.90 bits per heavy atom. The maximum atomic E-state index is 12.9. The molecule has 0 amide bonds. The summed E-state index contributed by atoms with van der Waals surface area (Å²) in [6.45, 7) is 12.0. The fourth-order valence-electron chi connectivity index (χ4n) is 6.14. The van der Waals surface area contributed by atoms with Gasteiger partial charge in [-0.2, -0.15) is 0 Å². The van der Waals surface area contributed by atoms with Crippen molar-refractivity contribution in [3.05, 3.63) is 60.2 Å². The molecule has 0 radical (unpaired) electrons. The van der Waals surface area contributed by atoms with Crippen LogP contribution in [0.1, 0.15) is 62.7 Å². The van der Waals surface area contributed by atoms with Crippen LogP contribution in [-0.4, -0.2) is 29.4 Å². The number of carboxylic acid groups (broad SMARTS) is 1. The largest absolute Gasteiger partial charge is 0.481 e. The monoisotopic (exact) mass is 424 g/mol. The fraction of sp³-hybridized carbons (Fsp3) is 0.500. The minimum Gasteiger partial charge on any atom is -0.481 e. The molecular weight excluding hydrogens is 392 g/mol. The second-order valence-corrected chi connectivity index (χ2v) is 9.60. The lowest BCUT2D eigenvalue weighted by atomic mass is 9.45. The SMILES string of the molecule is C=C(C=O)CC[C@@H]1C(=C)C[C@@H](OC(=O)c2ccccc2)C2[C@](C)(C(=O)O)CCC[C@@]21C. The van der Waals surface area contributed by atoms with E-state index in [0.29, 0.717) is 36.8 Å². The summed E-state index contributed by atoms with van der Waals surface area (Å²) in [5.41, 5.74) is 0.535. The molecule has 3 rings (SSSR count). The van der Waals surface area contributed by atoms with Crippen molar-refractivity contribution in [1.29, 1.82) is 0 Å². The van der Waals surface area contributed by atoms with Gasteiger partial charge in [-0.3, -0.25) is 9.59 Å². The van der Waals surface area contributed by atoms with Gasteiger partial charge in [0.05, 0.1) is 11.0 Å². The molecule has 2 fully saturated rings. The van der Waals surface area contributed by atoms with Gasteiger partial charge in [0.15, 0.2) is 0 Å². The molecular formula is C26H32O5. The van der Waals surface area contributed by atoms with Crippen molar-refractivity contribution in [3.63, 3.8) is 0 Å². The highest BCUT2D eigenvalue weighted by Gasteiger charge is 2.61. The first-order valence-electron chi connectivity index (χ1n) is 10.9. The van der Waals surface area contributed by atoms with Gasteiger partial charge in [0.1, 0.15) is 12.4 Å². The summed E-state index contributed by atoms with van der Waals surface area (Å²) in [5, 5.41) is 10.2. The van der Waals surface area contributed by atoms with E-state index in [1.807, 2.05) is 6.07 Å². The molecule has 0 saturated heterocycles. The Balaban J connectivity index is 1.98. The first kappa shape index (κ1) is 23.0. The maximum Gasteiger partial charge on any atom is 0.338 e. The van der Waals surface area contributed by atoms with Gasteiger partial charge < -0.3 is 9.84 Å². The first-order chi connectivity index (χ1) is 14.6. The van der Waals surface area contributed by atoms with Crippen LogP contribution in [0.15, 0.2) is 54.6 Å². The molecule has 5 atom stereocenters. The molecule has 2 aliphatic carbocycles. The third kappa shape index (κ3) is 4.23. The Hall–Kier alpha value is -2.69. The van der Waals surface area contributed by atoms with Gasteiger partial charge in [0, 0.05) is 12.3 Å². The van der Waals surface area contributed by atoms with Gasteiger partial charge >= 0.3 is 11.9 Å². The number of aldehydes is 1. The second kappa shape index (κ2) is 8.81. The number of rotatable bonds is 7. The number of hydrogen-bond acceptors (Lipinski definition) is 4. The highest BCUT2D eigenvalue weighted by molar-refractivity contribution is 5.89. The molecule has 0 spiro atoms. The molecule has 0 aliphatic heterocycles. The summed E-state index contributed by atoms with van der Waals surface area (Å²) in [5.74, 6) is -1.60. The number of aliphatic carboxylic acids is 1. The van der Waals surface area contributed by atoms with Crippen molar-refractivity contribution in [1.82, 2.24) is 0 Å². The standard InChI is InChI=1S/C26H32O5/c1-17(16-27)11-12-20-18(2)15-21(31-23(28)19-9-6-5-7-10-19)22-25(20,3)13-8-14-26(22,4)24(29)30/h5-7,9-10,16,20-22H,1-2,8,11-15H2,3-4H3,(H,29,30)/t20-,21-,22?,25-,26-/m1/s1. The average molecular weight is 425 g/mol. The first-order valence-corrected chi connectivity index (χ1v) is 10.9. The number of carboxylic acids is 1. The molecule has 0 heterocycles. The van der Waals surface area contributed by atoms with Crippen molar-refractivity contribution in [2.45, 2.75) is 58.5 Å². The average Bonchev–Trinajstić information content (AvgIpc) is 2.73. The number of ether oxygens (including phenoxy) is 1. The zero-order valence-electron chi connectivity index (χ0n) is 18.4. The van der Waals surface area contributed by atoms with E-state index in [-0.39, 0.29) is 11.8 Å². The molecule has 5 heteroatoms. The number of carbonyl (C=O) groups excluding carboxylic acids is 2. The summed E-state index contributed by atoms with van der Waals surface area (Å²) >= 11 is 0. The Kier molecular flexibility index (Phi) is 6.54. The van der Waals surface area contributed by atoms with E-state index in [2.05, 4.69) is 20.1 Å². The summed E-state index contributed by atoms with van der Waals surface area (Å²) in [7, 11) is 0. The van der Waals surface area contributed by atoms with Crippen LogP contribution in [-0.2, 0) is 14.3 Å². The van der Waals surface area contributed by atoms with E-state index in [1.54, 1.807) is 31.2 Å². The van der Waals surface area contributed by atoms with Gasteiger partial charge in [-0.15, -0.1) is 0 Å². The Morgan fingerprint density at radius 3 is 2.52 bits per heavy atom. The number of carbonyl (C=O) groups is 3. The fourth-order valence-corrected chi connectivity index (χ4v) is 6.14. The smallest absolute Gasteiger partial charge is 0.338 e.